The summed E-state index contributed by atoms with van der Waals surface area (Å²) in [5.41, 5.74) is 6.50. The summed E-state index contributed by atoms with van der Waals surface area (Å²) >= 11 is 0. The fraction of sp³-hybridized carbons (Fsp3) is 0.455. The number of aliphatic hydroxyl groups excluding tert-OH is 2. The third-order valence-corrected chi connectivity index (χ3v) is 3.36. The first-order chi connectivity index (χ1) is 9.67. The van der Waals surface area contributed by atoms with Crippen LogP contribution < -0.4 is 5.73 Å². The van der Waals surface area contributed by atoms with E-state index in [4.69, 9.17) is 15.6 Å². The lowest BCUT2D eigenvalue weighted by atomic mass is 10.0. The van der Waals surface area contributed by atoms with Crippen molar-refractivity contribution in [2.24, 2.45) is 5.92 Å². The molecule has 0 saturated carbocycles. The van der Waals surface area contributed by atoms with Crippen LogP contribution in [0, 0.1) is 17.2 Å². The smallest absolute Gasteiger partial charge is 0.167 e. The van der Waals surface area contributed by atoms with Crippen LogP contribution in [0.5, 0.6) is 0 Å². The zero-order valence-electron chi connectivity index (χ0n) is 10.3. The quantitative estimate of drug-likeness (QED) is 0.620. The number of fused-ring (bicyclic) bond motifs is 1. The largest absolute Gasteiger partial charge is 0.394 e. The number of nitriles is 1. The molecule has 0 aromatic carbocycles. The molecule has 2 aromatic heterocycles. The van der Waals surface area contributed by atoms with Gasteiger partial charge in [0, 0.05) is 0 Å². The molecule has 2 aromatic rings. The average Bonchev–Trinajstić information content (AvgIpc) is 3.00. The Hall–Kier alpha value is -2.28. The van der Waals surface area contributed by atoms with Gasteiger partial charge in [-0.05, 0) is 0 Å². The van der Waals surface area contributed by atoms with Crippen molar-refractivity contribution >= 4 is 17.0 Å². The van der Waals surface area contributed by atoms with E-state index in [9.17, 15) is 10.4 Å². The minimum Gasteiger partial charge on any atom is -0.394 e. The maximum absolute atomic E-state index is 9.95. The number of aromatic nitrogens is 4. The molecule has 20 heavy (non-hydrogen) atoms. The molecule has 0 unspecified atom stereocenters. The lowest BCUT2D eigenvalue weighted by molar-refractivity contribution is -0.0441. The van der Waals surface area contributed by atoms with Crippen molar-refractivity contribution in [1.82, 2.24) is 19.5 Å². The Morgan fingerprint density at radius 3 is 2.95 bits per heavy atom. The van der Waals surface area contributed by atoms with Crippen LogP contribution in [0.4, 0.5) is 5.82 Å². The van der Waals surface area contributed by atoms with E-state index < -0.39 is 24.4 Å². The van der Waals surface area contributed by atoms with Crippen molar-refractivity contribution in [3.8, 4) is 6.07 Å². The summed E-state index contributed by atoms with van der Waals surface area (Å²) in [5.74, 6) is -0.611. The number of anilines is 1. The van der Waals surface area contributed by atoms with E-state index in [1.165, 1.54) is 17.2 Å². The molecule has 1 aliphatic rings. The van der Waals surface area contributed by atoms with Crippen LogP contribution in [0.1, 0.15) is 6.23 Å². The topological polar surface area (TPSA) is 143 Å². The van der Waals surface area contributed by atoms with Crippen LogP contribution in [-0.2, 0) is 4.74 Å². The van der Waals surface area contributed by atoms with E-state index in [2.05, 4.69) is 15.0 Å². The lowest BCUT2D eigenvalue weighted by Gasteiger charge is -2.15. The van der Waals surface area contributed by atoms with Crippen molar-refractivity contribution in [3.63, 3.8) is 0 Å². The van der Waals surface area contributed by atoms with Gasteiger partial charge in [-0.1, -0.05) is 0 Å². The zero-order valence-corrected chi connectivity index (χ0v) is 10.3. The van der Waals surface area contributed by atoms with Crippen molar-refractivity contribution < 1.29 is 14.9 Å². The van der Waals surface area contributed by atoms with Gasteiger partial charge in [-0.3, -0.25) is 4.57 Å². The molecular weight excluding hydrogens is 264 g/mol. The second-order valence-electron chi connectivity index (χ2n) is 4.48. The van der Waals surface area contributed by atoms with Crippen molar-refractivity contribution in [1.29, 1.82) is 5.26 Å². The van der Waals surface area contributed by atoms with Gasteiger partial charge in [0.15, 0.2) is 17.7 Å². The molecule has 9 nitrogen and oxygen atoms in total. The summed E-state index contributed by atoms with van der Waals surface area (Å²) < 4.78 is 7.03. The van der Waals surface area contributed by atoms with E-state index in [0.717, 1.165) is 0 Å². The first kappa shape index (κ1) is 12.7. The van der Waals surface area contributed by atoms with Crippen LogP contribution in [0.2, 0.25) is 0 Å². The van der Waals surface area contributed by atoms with Gasteiger partial charge >= 0.3 is 0 Å². The number of imidazole rings is 1. The molecule has 104 valence electrons. The SMILES string of the molecule is N#C[C@H]1[C@H](O)[C@@H](CO)O[C@H]1n1cnc2c(N)ncnc21. The predicted octanol–water partition coefficient (Wildman–Crippen LogP) is -1.20. The van der Waals surface area contributed by atoms with E-state index in [0.29, 0.717) is 11.2 Å². The summed E-state index contributed by atoms with van der Waals surface area (Å²) in [6.07, 6.45) is 0.0305. The first-order valence-electron chi connectivity index (χ1n) is 5.94. The molecule has 3 rings (SSSR count). The highest BCUT2D eigenvalue weighted by Gasteiger charge is 2.45. The Bertz CT molecular complexity index is 680. The maximum atomic E-state index is 9.95. The highest BCUT2D eigenvalue weighted by atomic mass is 16.5. The minimum atomic E-state index is -1.08. The molecule has 9 heteroatoms. The molecule has 0 radical (unpaired) electrons. The van der Waals surface area contributed by atoms with Gasteiger partial charge in [-0.2, -0.15) is 5.26 Å². The van der Waals surface area contributed by atoms with Gasteiger partial charge in [0.05, 0.1) is 19.0 Å². The Morgan fingerprint density at radius 2 is 2.25 bits per heavy atom. The molecule has 1 saturated heterocycles. The minimum absolute atomic E-state index is 0.222. The van der Waals surface area contributed by atoms with Gasteiger partial charge in [-0.15, -0.1) is 0 Å². The summed E-state index contributed by atoms with van der Waals surface area (Å²) in [5, 5.41) is 28.3. The monoisotopic (exact) mass is 276 g/mol. The Labute approximate surface area is 113 Å². The van der Waals surface area contributed by atoms with E-state index in [1.807, 2.05) is 6.07 Å². The number of hydrogen-bond acceptors (Lipinski definition) is 8. The van der Waals surface area contributed by atoms with Crippen molar-refractivity contribution in [2.45, 2.75) is 18.4 Å². The second kappa shape index (κ2) is 4.68. The molecule has 0 bridgehead atoms. The third-order valence-electron chi connectivity index (χ3n) is 3.36. The van der Waals surface area contributed by atoms with Crippen LogP contribution in [0.15, 0.2) is 12.7 Å². The molecule has 0 amide bonds. The number of rotatable bonds is 2. The number of nitrogens with two attached hydrogens (primary N) is 1. The van der Waals surface area contributed by atoms with E-state index >= 15 is 0 Å². The molecule has 4 N–H and O–H groups in total. The lowest BCUT2D eigenvalue weighted by Crippen LogP contribution is -2.28. The number of nitrogens with zero attached hydrogens (tertiary/aromatic N) is 5. The standard InChI is InChI=1S/C11H12N6O3/c12-1-5-8(19)6(2-18)20-11(5)17-4-16-7-9(13)14-3-15-10(7)17/h3-6,8,11,18-19H,2H2,(H2,13,14,15)/t5-,6+,8-,11+/m0/s1. The highest BCUT2D eigenvalue weighted by molar-refractivity contribution is 5.81. The summed E-state index contributed by atoms with van der Waals surface area (Å²) in [7, 11) is 0. The van der Waals surface area contributed by atoms with Gasteiger partial charge in [0.1, 0.15) is 30.0 Å². The Balaban J connectivity index is 2.07. The number of nitrogen functional groups attached to an aromatic ring is 1. The highest BCUT2D eigenvalue weighted by Crippen LogP contribution is 2.35. The summed E-state index contributed by atoms with van der Waals surface area (Å²) in [6, 6.07) is 1.99. The van der Waals surface area contributed by atoms with Gasteiger partial charge in [0.25, 0.3) is 0 Å². The molecule has 3 heterocycles. The summed E-state index contributed by atoms with van der Waals surface area (Å²) in [4.78, 5) is 12.0. The van der Waals surface area contributed by atoms with Crippen LogP contribution >= 0.6 is 0 Å². The zero-order chi connectivity index (χ0) is 14.3. The van der Waals surface area contributed by atoms with Gasteiger partial charge < -0.3 is 20.7 Å². The number of hydrogen-bond donors (Lipinski definition) is 3. The van der Waals surface area contributed by atoms with Crippen LogP contribution in [0.25, 0.3) is 11.2 Å². The van der Waals surface area contributed by atoms with E-state index in [1.54, 1.807) is 0 Å². The van der Waals surface area contributed by atoms with Gasteiger partial charge in [-0.25, -0.2) is 15.0 Å². The predicted molar refractivity (Wildman–Crippen MR) is 65.8 cm³/mol. The molecule has 4 atom stereocenters. The molecular formula is C11H12N6O3. The molecule has 1 fully saturated rings. The fourth-order valence-corrected chi connectivity index (χ4v) is 2.33. The summed E-state index contributed by atoms with van der Waals surface area (Å²) in [6.45, 7) is -0.375. The van der Waals surface area contributed by atoms with Crippen LogP contribution in [-0.4, -0.2) is 48.5 Å². The normalized spacial score (nSPS) is 29.6. The maximum Gasteiger partial charge on any atom is 0.167 e. The number of aliphatic hydroxyl groups is 2. The molecule has 0 spiro atoms. The fourth-order valence-electron chi connectivity index (χ4n) is 2.33. The number of ether oxygens (including phenoxy) is 1. The van der Waals surface area contributed by atoms with Crippen molar-refractivity contribution in [3.05, 3.63) is 12.7 Å². The van der Waals surface area contributed by atoms with E-state index in [-0.39, 0.29) is 12.4 Å². The van der Waals surface area contributed by atoms with Crippen molar-refractivity contribution in [2.75, 3.05) is 12.3 Å². The Kier molecular flexibility index (Phi) is 2.98. The average molecular weight is 276 g/mol. The second-order valence-corrected chi connectivity index (χ2v) is 4.48. The molecule has 0 aliphatic carbocycles. The Morgan fingerprint density at radius 1 is 1.45 bits per heavy atom. The van der Waals surface area contributed by atoms with Gasteiger partial charge in [0.2, 0.25) is 0 Å². The third kappa shape index (κ3) is 1.70. The van der Waals surface area contributed by atoms with Crippen LogP contribution in [0.3, 0.4) is 0 Å². The first-order valence-corrected chi connectivity index (χ1v) is 5.94. The molecule has 1 aliphatic heterocycles.